The van der Waals surface area contributed by atoms with Gasteiger partial charge < -0.3 is 40.2 Å². The van der Waals surface area contributed by atoms with Crippen molar-refractivity contribution in [3.05, 3.63) is 0 Å². The smallest absolute Gasteiger partial charge is 0.220 e. The number of rotatable bonds is 14. The van der Waals surface area contributed by atoms with Crippen molar-refractivity contribution in [1.82, 2.24) is 10.6 Å². The summed E-state index contributed by atoms with van der Waals surface area (Å²) in [6, 6.07) is -0.840. The van der Waals surface area contributed by atoms with Crippen molar-refractivity contribution < 1.29 is 39.1 Å². The number of nitrogens with one attached hydrogen (secondary N) is 2. The number of ether oxygens (including phenoxy) is 3. The number of unbranched alkanes of at least 4 members (excludes halogenated alkanes) is 2. The molecule has 1 fully saturated rings. The van der Waals surface area contributed by atoms with Crippen molar-refractivity contribution in [3.63, 3.8) is 0 Å². The van der Waals surface area contributed by atoms with Crippen molar-refractivity contribution in [2.24, 2.45) is 5.92 Å². The molecule has 10 heteroatoms. The van der Waals surface area contributed by atoms with Crippen LogP contribution >= 0.6 is 0 Å². The Kier molecular flexibility index (Phi) is 13.1. The second-order valence-electron chi connectivity index (χ2n) is 7.73. The summed E-state index contributed by atoms with van der Waals surface area (Å²) in [6.45, 7) is 1.45. The minimum Gasteiger partial charge on any atom is -0.396 e. The first kappa shape index (κ1) is 26.7. The fourth-order valence-electron chi connectivity index (χ4n) is 3.82. The van der Waals surface area contributed by atoms with Crippen LogP contribution in [0.3, 0.4) is 0 Å². The van der Waals surface area contributed by atoms with Crippen LogP contribution in [0.1, 0.15) is 39.0 Å². The molecule has 0 spiro atoms. The van der Waals surface area contributed by atoms with E-state index in [0.717, 1.165) is 12.8 Å². The third-order valence-corrected chi connectivity index (χ3v) is 5.29. The summed E-state index contributed by atoms with van der Waals surface area (Å²) in [4.78, 5) is 23.6. The van der Waals surface area contributed by atoms with Crippen LogP contribution in [-0.4, -0.2) is 98.2 Å². The molecule has 3 unspecified atom stereocenters. The first-order valence-corrected chi connectivity index (χ1v) is 10.5. The standard InChI is InChI=1S/C20H38N2O8/c1-13(25)21-19-16(30-17(10-24)15(9-23)20(19)27)7-5-4-6-8-18(26)22-14(11-28-2)12-29-3/h14-17,19-20,23-24,27H,4-12H2,1-3H3,(H,21,25)(H,22,26)/t15-,16-,17?,19?,20?/m0/s1. The van der Waals surface area contributed by atoms with Gasteiger partial charge in [-0.1, -0.05) is 12.8 Å². The molecule has 1 rings (SSSR count). The average molecular weight is 435 g/mol. The molecule has 30 heavy (non-hydrogen) atoms. The first-order chi connectivity index (χ1) is 14.4. The summed E-state index contributed by atoms with van der Waals surface area (Å²) >= 11 is 0. The van der Waals surface area contributed by atoms with E-state index in [9.17, 15) is 24.9 Å². The van der Waals surface area contributed by atoms with E-state index in [0.29, 0.717) is 32.5 Å². The molecule has 0 aromatic heterocycles. The van der Waals surface area contributed by atoms with Crippen LogP contribution in [0, 0.1) is 5.92 Å². The molecule has 176 valence electrons. The molecule has 0 aromatic carbocycles. The monoisotopic (exact) mass is 434 g/mol. The molecule has 1 aliphatic rings. The van der Waals surface area contributed by atoms with Gasteiger partial charge in [0.25, 0.3) is 0 Å². The van der Waals surface area contributed by atoms with Crippen molar-refractivity contribution in [2.75, 3.05) is 40.6 Å². The lowest BCUT2D eigenvalue weighted by Crippen LogP contribution is -2.62. The average Bonchev–Trinajstić information content (AvgIpc) is 2.69. The lowest BCUT2D eigenvalue weighted by atomic mass is 9.84. The molecule has 10 nitrogen and oxygen atoms in total. The van der Waals surface area contributed by atoms with Crippen molar-refractivity contribution >= 4 is 11.8 Å². The van der Waals surface area contributed by atoms with Crippen molar-refractivity contribution in [3.8, 4) is 0 Å². The zero-order valence-electron chi connectivity index (χ0n) is 18.2. The molecule has 5 atom stereocenters. The van der Waals surface area contributed by atoms with Gasteiger partial charge in [0.1, 0.15) is 0 Å². The van der Waals surface area contributed by atoms with Gasteiger partial charge in [-0.2, -0.15) is 0 Å². The molecule has 0 saturated carbocycles. The van der Waals surface area contributed by atoms with Crippen LogP contribution in [0.15, 0.2) is 0 Å². The van der Waals surface area contributed by atoms with E-state index in [1.54, 1.807) is 14.2 Å². The lowest BCUT2D eigenvalue weighted by molar-refractivity contribution is -0.179. The molecular formula is C20H38N2O8. The highest BCUT2D eigenvalue weighted by Gasteiger charge is 2.44. The van der Waals surface area contributed by atoms with E-state index in [-0.39, 0.29) is 31.1 Å². The molecule has 1 heterocycles. The number of carbonyl (C=O) groups is 2. The van der Waals surface area contributed by atoms with Crippen molar-refractivity contribution in [2.45, 2.75) is 69.4 Å². The highest BCUT2D eigenvalue weighted by atomic mass is 16.5. The molecule has 1 saturated heterocycles. The van der Waals surface area contributed by atoms with Gasteiger partial charge in [0, 0.05) is 33.5 Å². The Labute approximate surface area is 178 Å². The Bertz CT molecular complexity index is 501. The summed E-state index contributed by atoms with van der Waals surface area (Å²) in [5, 5.41) is 35.2. The third kappa shape index (κ3) is 8.83. The Morgan fingerprint density at radius 3 is 2.23 bits per heavy atom. The molecule has 2 amide bonds. The predicted molar refractivity (Wildman–Crippen MR) is 109 cm³/mol. The van der Waals surface area contributed by atoms with Gasteiger partial charge in [-0.25, -0.2) is 0 Å². The van der Waals surface area contributed by atoms with Gasteiger partial charge in [0.05, 0.1) is 56.8 Å². The van der Waals surface area contributed by atoms with Crippen LogP contribution in [0.25, 0.3) is 0 Å². The van der Waals surface area contributed by atoms with E-state index in [1.165, 1.54) is 6.92 Å². The lowest BCUT2D eigenvalue weighted by Gasteiger charge is -2.44. The van der Waals surface area contributed by atoms with E-state index in [2.05, 4.69) is 10.6 Å². The van der Waals surface area contributed by atoms with Crippen LogP contribution in [0.2, 0.25) is 0 Å². The number of aliphatic hydroxyl groups is 3. The molecule has 0 radical (unpaired) electrons. The van der Waals surface area contributed by atoms with Crippen LogP contribution in [-0.2, 0) is 23.8 Å². The summed E-state index contributed by atoms with van der Waals surface area (Å²) in [7, 11) is 3.13. The summed E-state index contributed by atoms with van der Waals surface area (Å²) in [5.74, 6) is -1.04. The van der Waals surface area contributed by atoms with Gasteiger partial charge in [-0.05, 0) is 12.8 Å². The van der Waals surface area contributed by atoms with Gasteiger partial charge in [0.15, 0.2) is 0 Å². The van der Waals surface area contributed by atoms with Gasteiger partial charge in [0.2, 0.25) is 11.8 Å². The van der Waals surface area contributed by atoms with Crippen LogP contribution in [0.5, 0.6) is 0 Å². The second kappa shape index (κ2) is 14.7. The van der Waals surface area contributed by atoms with Gasteiger partial charge >= 0.3 is 0 Å². The van der Waals surface area contributed by atoms with Gasteiger partial charge in [-0.3, -0.25) is 9.59 Å². The zero-order chi connectivity index (χ0) is 22.5. The van der Waals surface area contributed by atoms with E-state index >= 15 is 0 Å². The maximum atomic E-state index is 12.1. The Morgan fingerprint density at radius 2 is 1.70 bits per heavy atom. The number of amides is 2. The third-order valence-electron chi connectivity index (χ3n) is 5.29. The normalized spacial score (nSPS) is 26.6. The number of carbonyl (C=O) groups excluding carboxylic acids is 2. The molecule has 0 aromatic rings. The minimum absolute atomic E-state index is 0.0688. The molecular weight excluding hydrogens is 396 g/mol. The SMILES string of the molecule is COCC(COC)NC(=O)CCCCC[C@@H]1OC(CO)[C@H](CO)C(O)C1NC(C)=O. The predicted octanol–water partition coefficient (Wildman–Crippen LogP) is -1.05. The molecule has 5 N–H and O–H groups in total. The van der Waals surface area contributed by atoms with E-state index in [4.69, 9.17) is 14.2 Å². The van der Waals surface area contributed by atoms with E-state index in [1.807, 2.05) is 0 Å². The maximum absolute atomic E-state index is 12.1. The Balaban J connectivity index is 2.46. The number of methoxy groups -OCH3 is 2. The summed E-state index contributed by atoms with van der Waals surface area (Å²) in [6.07, 6.45) is 0.910. The minimum atomic E-state index is -1.01. The maximum Gasteiger partial charge on any atom is 0.220 e. The van der Waals surface area contributed by atoms with Crippen molar-refractivity contribution in [1.29, 1.82) is 0 Å². The Hall–Kier alpha value is -1.30. The number of hydrogen-bond acceptors (Lipinski definition) is 8. The topological polar surface area (TPSA) is 147 Å². The molecule has 1 aliphatic heterocycles. The number of aliphatic hydroxyl groups excluding tert-OH is 3. The fraction of sp³-hybridized carbons (Fsp3) is 0.900. The van der Waals surface area contributed by atoms with Gasteiger partial charge in [-0.15, -0.1) is 0 Å². The van der Waals surface area contributed by atoms with Crippen LogP contribution in [0.4, 0.5) is 0 Å². The van der Waals surface area contributed by atoms with Crippen LogP contribution < -0.4 is 10.6 Å². The first-order valence-electron chi connectivity index (χ1n) is 10.5. The quantitative estimate of drug-likeness (QED) is 0.218. The highest BCUT2D eigenvalue weighted by molar-refractivity contribution is 5.76. The number of hydrogen-bond donors (Lipinski definition) is 5. The Morgan fingerprint density at radius 1 is 1.03 bits per heavy atom. The van der Waals surface area contributed by atoms with E-state index < -0.39 is 30.3 Å². The highest BCUT2D eigenvalue weighted by Crippen LogP contribution is 2.28. The summed E-state index contributed by atoms with van der Waals surface area (Å²) in [5.41, 5.74) is 0. The fourth-order valence-corrected chi connectivity index (χ4v) is 3.82. The molecule has 0 aliphatic carbocycles. The second-order valence-corrected chi connectivity index (χ2v) is 7.73. The largest absolute Gasteiger partial charge is 0.396 e. The summed E-state index contributed by atoms with van der Waals surface area (Å²) < 4.78 is 16.0. The zero-order valence-corrected chi connectivity index (χ0v) is 18.2. The molecule has 0 bridgehead atoms.